The van der Waals surface area contributed by atoms with E-state index in [9.17, 15) is 0 Å². The Labute approximate surface area is 235 Å². The average Bonchev–Trinajstić information content (AvgIpc) is 2.77. The molecule has 0 amide bonds. The first-order valence-corrected chi connectivity index (χ1v) is 15.6. The predicted octanol–water partition coefficient (Wildman–Crippen LogP) is 10.9. The normalized spacial score (nSPS) is 16.1. The van der Waals surface area contributed by atoms with Gasteiger partial charge in [-0.05, 0) is 57.8 Å². The summed E-state index contributed by atoms with van der Waals surface area (Å²) < 4.78 is 20.4. The van der Waals surface area contributed by atoms with Gasteiger partial charge in [0.05, 0.1) is 6.10 Å². The Kier molecular flexibility index (Phi) is 9.37. The van der Waals surface area contributed by atoms with Gasteiger partial charge in [-0.3, -0.25) is 4.52 Å². The van der Waals surface area contributed by atoms with Gasteiger partial charge in [-0.1, -0.05) is 127 Å². The Morgan fingerprint density at radius 3 is 1.29 bits per heavy atom. The van der Waals surface area contributed by atoms with Crippen molar-refractivity contribution in [3.63, 3.8) is 0 Å². The van der Waals surface area contributed by atoms with E-state index in [-0.39, 0.29) is 27.8 Å². The molecule has 1 aliphatic rings. The summed E-state index contributed by atoms with van der Waals surface area (Å²) in [5, 5.41) is 0. The van der Waals surface area contributed by atoms with Crippen molar-refractivity contribution in [3.8, 4) is 11.5 Å². The van der Waals surface area contributed by atoms with Crippen LogP contribution >= 0.6 is 8.60 Å². The van der Waals surface area contributed by atoms with Gasteiger partial charge in [0.1, 0.15) is 11.5 Å². The Bertz CT molecular complexity index is 993. The van der Waals surface area contributed by atoms with Crippen molar-refractivity contribution in [2.24, 2.45) is 0 Å². The molecule has 0 atom stereocenters. The molecule has 0 radical (unpaired) electrons. The molecule has 3 nitrogen and oxygen atoms in total. The van der Waals surface area contributed by atoms with Crippen molar-refractivity contribution in [2.45, 2.75) is 143 Å². The first-order chi connectivity index (χ1) is 17.4. The number of rotatable bonds is 6. The standard InChI is InChI=1S/C34H53O3P/c1-31(2,3)24-18-20-27(33(7,8)9)29(22-24)36-38(35-26-16-14-13-15-17-26)37-30-23-25(32(4,5)6)19-21-28(30)34(10,11)12/h18-23,26H,13-17H2,1-12H3. The van der Waals surface area contributed by atoms with Crippen molar-refractivity contribution in [3.05, 3.63) is 58.7 Å². The lowest BCUT2D eigenvalue weighted by atomic mass is 9.81. The molecule has 2 aromatic rings. The third-order valence-electron chi connectivity index (χ3n) is 7.44. The number of benzene rings is 2. The van der Waals surface area contributed by atoms with Crippen LogP contribution in [0.5, 0.6) is 11.5 Å². The quantitative estimate of drug-likeness (QED) is 0.341. The van der Waals surface area contributed by atoms with Crippen LogP contribution in [0.4, 0.5) is 0 Å². The SMILES string of the molecule is CC(C)(C)c1ccc(C(C)(C)C)c(OP(Oc2cc(C(C)(C)C)ccc2C(C)(C)C)OC2CCCCC2)c1. The van der Waals surface area contributed by atoms with Crippen molar-refractivity contribution < 1.29 is 13.6 Å². The van der Waals surface area contributed by atoms with E-state index in [1.165, 1.54) is 41.5 Å². The van der Waals surface area contributed by atoms with Crippen molar-refractivity contribution in [2.75, 3.05) is 0 Å². The molecule has 0 aromatic heterocycles. The van der Waals surface area contributed by atoms with E-state index in [0.717, 1.165) is 24.3 Å². The van der Waals surface area contributed by atoms with Crippen LogP contribution in [0, 0.1) is 0 Å². The maximum Gasteiger partial charge on any atom is 0.463 e. The lowest BCUT2D eigenvalue weighted by molar-refractivity contribution is 0.138. The van der Waals surface area contributed by atoms with E-state index in [2.05, 4.69) is 119 Å². The van der Waals surface area contributed by atoms with E-state index in [0.29, 0.717) is 0 Å². The fourth-order valence-electron chi connectivity index (χ4n) is 4.88. The highest BCUT2D eigenvalue weighted by Crippen LogP contribution is 2.50. The lowest BCUT2D eigenvalue weighted by Crippen LogP contribution is -2.20. The van der Waals surface area contributed by atoms with E-state index >= 15 is 0 Å². The molecule has 3 rings (SSSR count). The summed E-state index contributed by atoms with van der Waals surface area (Å²) in [4.78, 5) is 0. The zero-order valence-corrected chi connectivity index (χ0v) is 27.1. The van der Waals surface area contributed by atoms with Gasteiger partial charge >= 0.3 is 8.60 Å². The fraction of sp³-hybridized carbons (Fsp3) is 0.647. The summed E-state index contributed by atoms with van der Waals surface area (Å²) in [5.41, 5.74) is 4.74. The summed E-state index contributed by atoms with van der Waals surface area (Å²) >= 11 is 0. The Balaban J connectivity index is 2.08. The third-order valence-corrected chi connectivity index (χ3v) is 8.61. The first-order valence-electron chi connectivity index (χ1n) is 14.5. The highest BCUT2D eigenvalue weighted by atomic mass is 31.2. The van der Waals surface area contributed by atoms with Crippen molar-refractivity contribution in [1.29, 1.82) is 0 Å². The molecular formula is C34H53O3P. The minimum Gasteiger partial charge on any atom is -0.417 e. The zero-order chi connectivity index (χ0) is 28.5. The van der Waals surface area contributed by atoms with Crippen LogP contribution in [0.2, 0.25) is 0 Å². The molecule has 0 heterocycles. The van der Waals surface area contributed by atoms with Gasteiger partial charge < -0.3 is 9.05 Å². The molecule has 0 bridgehead atoms. The number of hydrogen-bond donors (Lipinski definition) is 0. The Morgan fingerprint density at radius 2 is 0.947 bits per heavy atom. The molecule has 2 aromatic carbocycles. The second-order valence-electron chi connectivity index (χ2n) is 15.2. The first kappa shape index (κ1) is 31.0. The summed E-state index contributed by atoms with van der Waals surface area (Å²) in [7, 11) is -1.66. The molecular weight excluding hydrogens is 487 g/mol. The maximum atomic E-state index is 6.83. The van der Waals surface area contributed by atoms with Gasteiger partial charge in [0.2, 0.25) is 0 Å². The van der Waals surface area contributed by atoms with Crippen LogP contribution in [0.25, 0.3) is 0 Å². The van der Waals surface area contributed by atoms with Crippen LogP contribution in [0.15, 0.2) is 36.4 Å². The summed E-state index contributed by atoms with van der Waals surface area (Å²) in [6, 6.07) is 13.3. The monoisotopic (exact) mass is 540 g/mol. The Hall–Kier alpha value is -1.57. The largest absolute Gasteiger partial charge is 0.463 e. The molecule has 38 heavy (non-hydrogen) atoms. The van der Waals surface area contributed by atoms with Gasteiger partial charge in [-0.2, -0.15) is 0 Å². The average molecular weight is 541 g/mol. The van der Waals surface area contributed by atoms with Gasteiger partial charge in [0.15, 0.2) is 0 Å². The van der Waals surface area contributed by atoms with E-state index in [1.54, 1.807) is 0 Å². The van der Waals surface area contributed by atoms with E-state index in [4.69, 9.17) is 13.6 Å². The molecule has 1 aliphatic carbocycles. The molecule has 4 heteroatoms. The molecule has 0 unspecified atom stereocenters. The minimum absolute atomic E-state index is 0.0167. The molecule has 0 N–H and O–H groups in total. The minimum atomic E-state index is -1.66. The maximum absolute atomic E-state index is 6.83. The Morgan fingerprint density at radius 1 is 0.553 bits per heavy atom. The van der Waals surface area contributed by atoms with Crippen molar-refractivity contribution in [1.82, 2.24) is 0 Å². The van der Waals surface area contributed by atoms with E-state index in [1.807, 2.05) is 0 Å². The van der Waals surface area contributed by atoms with Crippen LogP contribution in [-0.4, -0.2) is 6.10 Å². The van der Waals surface area contributed by atoms with Gasteiger partial charge in [0.25, 0.3) is 0 Å². The molecule has 0 spiro atoms. The van der Waals surface area contributed by atoms with Crippen LogP contribution < -0.4 is 9.05 Å². The fourth-order valence-corrected chi connectivity index (χ4v) is 6.08. The topological polar surface area (TPSA) is 27.7 Å². The summed E-state index contributed by atoms with van der Waals surface area (Å²) in [6.07, 6.45) is 5.98. The second-order valence-corrected chi connectivity index (χ2v) is 16.2. The van der Waals surface area contributed by atoms with Crippen molar-refractivity contribution >= 4 is 8.60 Å². The van der Waals surface area contributed by atoms with E-state index < -0.39 is 8.60 Å². The van der Waals surface area contributed by atoms with Crippen LogP contribution in [0.1, 0.15) is 137 Å². The molecule has 0 aliphatic heterocycles. The van der Waals surface area contributed by atoms with Gasteiger partial charge in [0, 0.05) is 11.1 Å². The van der Waals surface area contributed by atoms with Gasteiger partial charge in [-0.25, -0.2) is 0 Å². The van der Waals surface area contributed by atoms with Gasteiger partial charge in [-0.15, -0.1) is 0 Å². The van der Waals surface area contributed by atoms with Crippen LogP contribution in [0.3, 0.4) is 0 Å². The summed E-state index contributed by atoms with van der Waals surface area (Å²) in [5.74, 6) is 1.74. The molecule has 1 saturated carbocycles. The predicted molar refractivity (Wildman–Crippen MR) is 164 cm³/mol. The highest BCUT2D eigenvalue weighted by Gasteiger charge is 2.31. The molecule has 1 fully saturated rings. The highest BCUT2D eigenvalue weighted by molar-refractivity contribution is 7.42. The smallest absolute Gasteiger partial charge is 0.417 e. The molecule has 212 valence electrons. The number of hydrogen-bond acceptors (Lipinski definition) is 3. The summed E-state index contributed by atoms with van der Waals surface area (Å²) in [6.45, 7) is 26.9. The molecule has 0 saturated heterocycles. The lowest BCUT2D eigenvalue weighted by Gasteiger charge is -2.31. The second kappa shape index (κ2) is 11.5. The van der Waals surface area contributed by atoms with Crippen LogP contribution in [-0.2, 0) is 26.2 Å². The zero-order valence-electron chi connectivity index (χ0n) is 26.2. The third kappa shape index (κ3) is 8.22.